The van der Waals surface area contributed by atoms with Gasteiger partial charge < -0.3 is 15.0 Å². The van der Waals surface area contributed by atoms with Crippen LogP contribution in [-0.4, -0.2) is 38.2 Å². The van der Waals surface area contributed by atoms with Gasteiger partial charge in [0, 0.05) is 24.8 Å². The summed E-state index contributed by atoms with van der Waals surface area (Å²) in [5.41, 5.74) is 1.93. The van der Waals surface area contributed by atoms with Crippen molar-refractivity contribution in [1.29, 1.82) is 0 Å². The van der Waals surface area contributed by atoms with Gasteiger partial charge in [-0.25, -0.2) is 4.98 Å². The van der Waals surface area contributed by atoms with E-state index in [1.165, 1.54) is 0 Å². The average Bonchev–Trinajstić information content (AvgIpc) is 3.24. The lowest BCUT2D eigenvalue weighted by Crippen LogP contribution is -2.52. The van der Waals surface area contributed by atoms with Crippen LogP contribution < -0.4 is 10.6 Å². The Morgan fingerprint density at radius 2 is 2.12 bits per heavy atom. The standard InChI is InChI=1S/C17H20N6O/c1-13-11-22-12-14(3-4-15(22)20-13)21-16(24)17(5-8-18-9-6-17)23-10-2-7-19-23/h2-4,7,10-12,18H,5-6,8-9H2,1H3,(H,21,24). The minimum Gasteiger partial charge on any atom is -0.323 e. The van der Waals surface area contributed by atoms with E-state index in [4.69, 9.17) is 0 Å². The van der Waals surface area contributed by atoms with Gasteiger partial charge in [-0.2, -0.15) is 5.10 Å². The zero-order chi connectivity index (χ0) is 16.6. The second-order valence-corrected chi connectivity index (χ2v) is 6.25. The molecule has 1 saturated heterocycles. The summed E-state index contributed by atoms with van der Waals surface area (Å²) in [6.07, 6.45) is 8.86. The van der Waals surface area contributed by atoms with E-state index in [-0.39, 0.29) is 5.91 Å². The molecule has 0 aromatic carbocycles. The van der Waals surface area contributed by atoms with Crippen LogP contribution in [0.15, 0.2) is 43.0 Å². The third kappa shape index (κ3) is 2.46. The van der Waals surface area contributed by atoms with E-state index in [1.807, 2.05) is 48.1 Å². The van der Waals surface area contributed by atoms with Crippen molar-refractivity contribution < 1.29 is 4.79 Å². The molecular weight excluding hydrogens is 304 g/mol. The quantitative estimate of drug-likeness (QED) is 0.766. The van der Waals surface area contributed by atoms with Gasteiger partial charge in [0.1, 0.15) is 11.2 Å². The molecule has 0 atom stereocenters. The number of amides is 1. The third-order valence-electron chi connectivity index (χ3n) is 4.63. The molecule has 4 heterocycles. The van der Waals surface area contributed by atoms with Gasteiger partial charge in [-0.05, 0) is 51.1 Å². The van der Waals surface area contributed by atoms with E-state index in [2.05, 4.69) is 20.7 Å². The molecule has 0 bridgehead atoms. The Morgan fingerprint density at radius 3 is 2.88 bits per heavy atom. The van der Waals surface area contributed by atoms with Crippen LogP contribution in [0.1, 0.15) is 18.5 Å². The number of piperidine rings is 1. The number of fused-ring (bicyclic) bond motifs is 1. The molecule has 1 fully saturated rings. The molecule has 7 heteroatoms. The van der Waals surface area contributed by atoms with E-state index >= 15 is 0 Å². The Balaban J connectivity index is 1.64. The van der Waals surface area contributed by atoms with Crippen molar-refractivity contribution in [2.24, 2.45) is 0 Å². The molecule has 1 amide bonds. The van der Waals surface area contributed by atoms with E-state index in [9.17, 15) is 4.79 Å². The third-order valence-corrected chi connectivity index (χ3v) is 4.63. The molecule has 1 aliphatic rings. The maximum atomic E-state index is 13.1. The number of pyridine rings is 1. The number of nitrogens with one attached hydrogen (secondary N) is 2. The molecule has 3 aromatic heterocycles. The molecule has 0 aliphatic carbocycles. The smallest absolute Gasteiger partial charge is 0.252 e. The van der Waals surface area contributed by atoms with Gasteiger partial charge in [0.2, 0.25) is 0 Å². The number of hydrogen-bond donors (Lipinski definition) is 2. The van der Waals surface area contributed by atoms with Crippen LogP contribution in [0.25, 0.3) is 5.65 Å². The number of aryl methyl sites for hydroxylation is 1. The van der Waals surface area contributed by atoms with Crippen LogP contribution >= 0.6 is 0 Å². The first-order chi connectivity index (χ1) is 11.7. The minimum absolute atomic E-state index is 0.0242. The Bertz CT molecular complexity index is 860. The monoisotopic (exact) mass is 324 g/mol. The summed E-state index contributed by atoms with van der Waals surface area (Å²) in [6, 6.07) is 5.65. The molecule has 1 aliphatic heterocycles. The van der Waals surface area contributed by atoms with Crippen molar-refractivity contribution in [1.82, 2.24) is 24.5 Å². The second-order valence-electron chi connectivity index (χ2n) is 6.25. The molecule has 0 radical (unpaired) electrons. The number of anilines is 1. The fourth-order valence-corrected chi connectivity index (χ4v) is 3.36. The van der Waals surface area contributed by atoms with Crippen LogP contribution in [0.5, 0.6) is 0 Å². The number of hydrogen-bond acceptors (Lipinski definition) is 4. The summed E-state index contributed by atoms with van der Waals surface area (Å²) in [7, 11) is 0. The largest absolute Gasteiger partial charge is 0.323 e. The summed E-state index contributed by atoms with van der Waals surface area (Å²) in [5, 5.41) is 10.7. The Morgan fingerprint density at radius 1 is 1.29 bits per heavy atom. The SMILES string of the molecule is Cc1cn2cc(NC(=O)C3(n4cccn4)CCNCC3)ccc2n1. The zero-order valence-electron chi connectivity index (χ0n) is 13.6. The molecule has 0 spiro atoms. The summed E-state index contributed by atoms with van der Waals surface area (Å²) in [6.45, 7) is 3.55. The molecule has 7 nitrogen and oxygen atoms in total. The molecular formula is C17H20N6O. The van der Waals surface area contributed by atoms with Crippen molar-refractivity contribution in [2.45, 2.75) is 25.3 Å². The average molecular weight is 324 g/mol. The summed E-state index contributed by atoms with van der Waals surface area (Å²) in [4.78, 5) is 17.5. The van der Waals surface area contributed by atoms with Crippen molar-refractivity contribution in [3.05, 3.63) is 48.7 Å². The number of rotatable bonds is 3. The predicted octanol–water partition coefficient (Wildman–Crippen LogP) is 1.56. The maximum absolute atomic E-state index is 13.1. The minimum atomic E-state index is -0.644. The Hall–Kier alpha value is -2.67. The second kappa shape index (κ2) is 5.76. The first-order valence-corrected chi connectivity index (χ1v) is 8.15. The van der Waals surface area contributed by atoms with Crippen molar-refractivity contribution >= 4 is 17.2 Å². The normalized spacial score (nSPS) is 17.0. The lowest BCUT2D eigenvalue weighted by Gasteiger charge is -2.36. The molecule has 124 valence electrons. The predicted molar refractivity (Wildman–Crippen MR) is 90.9 cm³/mol. The Labute approximate surface area is 139 Å². The van der Waals surface area contributed by atoms with E-state index in [0.717, 1.165) is 30.1 Å². The van der Waals surface area contributed by atoms with Crippen LogP contribution in [0.4, 0.5) is 5.69 Å². The van der Waals surface area contributed by atoms with E-state index < -0.39 is 5.54 Å². The highest BCUT2D eigenvalue weighted by Gasteiger charge is 2.42. The molecule has 3 aromatic rings. The first kappa shape index (κ1) is 14.9. The van der Waals surface area contributed by atoms with Gasteiger partial charge in [-0.15, -0.1) is 0 Å². The van der Waals surface area contributed by atoms with Gasteiger partial charge in [-0.1, -0.05) is 0 Å². The van der Waals surface area contributed by atoms with Crippen LogP contribution in [0.3, 0.4) is 0 Å². The number of carbonyl (C=O) groups excluding carboxylic acids is 1. The fourth-order valence-electron chi connectivity index (χ4n) is 3.36. The molecule has 24 heavy (non-hydrogen) atoms. The highest BCUT2D eigenvalue weighted by atomic mass is 16.2. The molecule has 4 rings (SSSR count). The number of imidazole rings is 1. The highest BCUT2D eigenvalue weighted by molar-refractivity contribution is 5.96. The lowest BCUT2D eigenvalue weighted by atomic mass is 9.87. The van der Waals surface area contributed by atoms with Crippen molar-refractivity contribution in [3.8, 4) is 0 Å². The van der Waals surface area contributed by atoms with Gasteiger partial charge >= 0.3 is 0 Å². The molecule has 0 unspecified atom stereocenters. The number of carbonyl (C=O) groups is 1. The number of aromatic nitrogens is 4. The van der Waals surface area contributed by atoms with Gasteiger partial charge in [0.05, 0.1) is 11.4 Å². The van der Waals surface area contributed by atoms with E-state index in [1.54, 1.807) is 10.9 Å². The van der Waals surface area contributed by atoms with Crippen molar-refractivity contribution in [3.63, 3.8) is 0 Å². The first-order valence-electron chi connectivity index (χ1n) is 8.15. The summed E-state index contributed by atoms with van der Waals surface area (Å²) in [5.74, 6) is -0.0242. The van der Waals surface area contributed by atoms with E-state index in [0.29, 0.717) is 12.8 Å². The maximum Gasteiger partial charge on any atom is 0.252 e. The highest BCUT2D eigenvalue weighted by Crippen LogP contribution is 2.28. The lowest BCUT2D eigenvalue weighted by molar-refractivity contribution is -0.126. The van der Waals surface area contributed by atoms with Crippen molar-refractivity contribution in [2.75, 3.05) is 18.4 Å². The Kier molecular flexibility index (Phi) is 3.57. The van der Waals surface area contributed by atoms with Gasteiger partial charge in [0.15, 0.2) is 0 Å². The van der Waals surface area contributed by atoms with Gasteiger partial charge in [0.25, 0.3) is 5.91 Å². The fraction of sp³-hybridized carbons (Fsp3) is 0.353. The molecule has 2 N–H and O–H groups in total. The topological polar surface area (TPSA) is 76.2 Å². The molecule has 0 saturated carbocycles. The number of nitrogens with zero attached hydrogens (tertiary/aromatic N) is 4. The summed E-state index contributed by atoms with van der Waals surface area (Å²) >= 11 is 0. The summed E-state index contributed by atoms with van der Waals surface area (Å²) < 4.78 is 3.72. The van der Waals surface area contributed by atoms with Gasteiger partial charge in [-0.3, -0.25) is 9.48 Å². The van der Waals surface area contributed by atoms with Crippen LogP contribution in [0, 0.1) is 6.92 Å². The van der Waals surface area contributed by atoms with Crippen LogP contribution in [-0.2, 0) is 10.3 Å². The van der Waals surface area contributed by atoms with Crippen LogP contribution in [0.2, 0.25) is 0 Å². The zero-order valence-corrected chi connectivity index (χ0v) is 13.6.